The molecule has 1 aliphatic carbocycles. The Labute approximate surface area is 122 Å². The molecule has 0 aromatic carbocycles. The van der Waals surface area contributed by atoms with Crippen molar-refractivity contribution in [2.75, 3.05) is 0 Å². The number of carbonyl (C=O) groups is 2. The third-order valence-corrected chi connectivity index (χ3v) is 3.44. The predicted octanol–water partition coefficient (Wildman–Crippen LogP) is 1.17. The van der Waals surface area contributed by atoms with Crippen LogP contribution in [0.3, 0.4) is 0 Å². The van der Waals surface area contributed by atoms with Crippen LogP contribution in [0.2, 0.25) is 0 Å². The van der Waals surface area contributed by atoms with Crippen molar-refractivity contribution in [1.82, 2.24) is 10.3 Å². The topological polar surface area (TPSA) is 99.3 Å². The summed E-state index contributed by atoms with van der Waals surface area (Å²) in [6.07, 6.45) is 2.28. The molecule has 1 amide bonds. The molecule has 1 atom stereocenters. The smallest absolute Gasteiger partial charge is 0.326 e. The number of carboxylic acids is 1. The van der Waals surface area contributed by atoms with E-state index in [1.807, 2.05) is 13.8 Å². The molecule has 1 aromatic rings. The maximum Gasteiger partial charge on any atom is 0.326 e. The molecule has 21 heavy (non-hydrogen) atoms. The largest absolute Gasteiger partial charge is 0.480 e. The lowest BCUT2D eigenvalue weighted by atomic mass is 10.1. The molecule has 6 nitrogen and oxygen atoms in total. The fraction of sp³-hybridized carbons (Fsp3) is 0.533. The number of pyridine rings is 1. The van der Waals surface area contributed by atoms with Crippen LogP contribution in [-0.4, -0.2) is 28.0 Å². The minimum absolute atomic E-state index is 0.00332. The molecule has 0 aliphatic heterocycles. The Kier molecular flexibility index (Phi) is 4.45. The first-order valence-corrected chi connectivity index (χ1v) is 7.13. The maximum absolute atomic E-state index is 12.2. The van der Waals surface area contributed by atoms with Crippen LogP contribution in [0.1, 0.15) is 42.7 Å². The lowest BCUT2D eigenvalue weighted by molar-refractivity contribution is -0.139. The van der Waals surface area contributed by atoms with E-state index < -0.39 is 17.9 Å². The third-order valence-electron chi connectivity index (χ3n) is 3.44. The van der Waals surface area contributed by atoms with Gasteiger partial charge in [-0.25, -0.2) is 4.79 Å². The number of carbonyl (C=O) groups excluding carboxylic acids is 1. The van der Waals surface area contributed by atoms with Crippen molar-refractivity contribution in [3.8, 4) is 0 Å². The van der Waals surface area contributed by atoms with E-state index in [0.29, 0.717) is 18.0 Å². The molecule has 1 saturated carbocycles. The highest BCUT2D eigenvalue weighted by Crippen LogP contribution is 2.32. The summed E-state index contributed by atoms with van der Waals surface area (Å²) in [6, 6.07) is 1.94. The highest BCUT2D eigenvalue weighted by molar-refractivity contribution is 5.96. The molecular formula is C15H20N2O4. The summed E-state index contributed by atoms with van der Waals surface area (Å²) in [5, 5.41) is 11.6. The lowest BCUT2D eigenvalue weighted by Gasteiger charge is -2.14. The number of hydrogen-bond donors (Lipinski definition) is 3. The van der Waals surface area contributed by atoms with Gasteiger partial charge in [-0.1, -0.05) is 13.8 Å². The van der Waals surface area contributed by atoms with Crippen molar-refractivity contribution in [2.24, 2.45) is 11.8 Å². The Morgan fingerprint density at radius 3 is 2.57 bits per heavy atom. The highest BCUT2D eigenvalue weighted by atomic mass is 16.4. The zero-order valence-corrected chi connectivity index (χ0v) is 12.2. The standard InChI is InChI=1S/C15H20N2O4/c1-8(2)5-11-6-10(7-12(18)16-11)14(19)17-13(15(20)21)9-3-4-9/h6-9,13H,3-5H2,1-2H3,(H,16,18)(H,17,19)(H,20,21). The summed E-state index contributed by atoms with van der Waals surface area (Å²) in [5.74, 6) is -1.19. The zero-order chi connectivity index (χ0) is 15.6. The van der Waals surface area contributed by atoms with E-state index in [4.69, 9.17) is 5.11 Å². The molecule has 1 fully saturated rings. The Morgan fingerprint density at radius 2 is 2.05 bits per heavy atom. The summed E-state index contributed by atoms with van der Waals surface area (Å²) in [7, 11) is 0. The van der Waals surface area contributed by atoms with Crippen LogP contribution in [0.5, 0.6) is 0 Å². The van der Waals surface area contributed by atoms with Gasteiger partial charge in [0.1, 0.15) is 6.04 Å². The molecule has 6 heteroatoms. The number of aliphatic carboxylic acids is 1. The van der Waals surface area contributed by atoms with Gasteiger partial charge in [0.2, 0.25) is 5.56 Å². The maximum atomic E-state index is 12.2. The van der Waals surface area contributed by atoms with E-state index in [1.54, 1.807) is 6.07 Å². The van der Waals surface area contributed by atoms with Crippen LogP contribution in [0.4, 0.5) is 0 Å². The molecule has 0 spiro atoms. The molecule has 0 radical (unpaired) electrons. The second kappa shape index (κ2) is 6.11. The quantitative estimate of drug-likeness (QED) is 0.732. The number of nitrogens with one attached hydrogen (secondary N) is 2. The average molecular weight is 292 g/mol. The number of amides is 1. The molecule has 1 aliphatic rings. The van der Waals surface area contributed by atoms with Crippen LogP contribution in [0.25, 0.3) is 0 Å². The number of aromatic amines is 1. The van der Waals surface area contributed by atoms with E-state index in [1.165, 1.54) is 6.07 Å². The zero-order valence-electron chi connectivity index (χ0n) is 12.2. The van der Waals surface area contributed by atoms with Gasteiger partial charge < -0.3 is 15.4 Å². The first-order valence-electron chi connectivity index (χ1n) is 7.13. The van der Waals surface area contributed by atoms with Gasteiger partial charge in [-0.15, -0.1) is 0 Å². The van der Waals surface area contributed by atoms with E-state index >= 15 is 0 Å². The molecule has 2 rings (SSSR count). The van der Waals surface area contributed by atoms with E-state index in [-0.39, 0.29) is 17.0 Å². The summed E-state index contributed by atoms with van der Waals surface area (Å²) in [5.41, 5.74) is 0.541. The lowest BCUT2D eigenvalue weighted by Crippen LogP contribution is -2.42. The van der Waals surface area contributed by atoms with Crippen molar-refractivity contribution in [3.63, 3.8) is 0 Å². The minimum atomic E-state index is -1.03. The second-order valence-corrected chi connectivity index (χ2v) is 5.98. The summed E-state index contributed by atoms with van der Waals surface area (Å²) >= 11 is 0. The summed E-state index contributed by atoms with van der Waals surface area (Å²) in [4.78, 5) is 37.6. The van der Waals surface area contributed by atoms with Gasteiger partial charge in [0.25, 0.3) is 5.91 Å². The molecule has 0 bridgehead atoms. The number of hydrogen-bond acceptors (Lipinski definition) is 3. The molecule has 0 saturated heterocycles. The fourth-order valence-corrected chi connectivity index (χ4v) is 2.32. The van der Waals surface area contributed by atoms with Crippen molar-refractivity contribution in [2.45, 2.75) is 39.2 Å². The summed E-state index contributed by atoms with van der Waals surface area (Å²) in [6.45, 7) is 4.03. The first-order chi connectivity index (χ1) is 9.86. The van der Waals surface area contributed by atoms with Crippen LogP contribution >= 0.6 is 0 Å². The molecular weight excluding hydrogens is 272 g/mol. The number of carboxylic acid groups (broad SMARTS) is 1. The van der Waals surface area contributed by atoms with Crippen LogP contribution < -0.4 is 10.9 Å². The molecule has 114 valence electrons. The monoisotopic (exact) mass is 292 g/mol. The van der Waals surface area contributed by atoms with Crippen LogP contribution in [-0.2, 0) is 11.2 Å². The van der Waals surface area contributed by atoms with Crippen LogP contribution in [0.15, 0.2) is 16.9 Å². The molecule has 1 heterocycles. The number of H-pyrrole nitrogens is 1. The first kappa shape index (κ1) is 15.3. The Hall–Kier alpha value is -2.11. The second-order valence-electron chi connectivity index (χ2n) is 5.98. The van der Waals surface area contributed by atoms with Crippen molar-refractivity contribution in [1.29, 1.82) is 0 Å². The summed E-state index contributed by atoms with van der Waals surface area (Å²) < 4.78 is 0. The highest BCUT2D eigenvalue weighted by Gasteiger charge is 2.37. The van der Waals surface area contributed by atoms with Crippen LogP contribution in [0, 0.1) is 11.8 Å². The molecule has 3 N–H and O–H groups in total. The van der Waals surface area contributed by atoms with Crippen molar-refractivity contribution >= 4 is 11.9 Å². The van der Waals surface area contributed by atoms with E-state index in [0.717, 1.165) is 12.8 Å². The van der Waals surface area contributed by atoms with Gasteiger partial charge >= 0.3 is 5.97 Å². The Morgan fingerprint density at radius 1 is 1.38 bits per heavy atom. The van der Waals surface area contributed by atoms with Gasteiger partial charge in [0, 0.05) is 17.3 Å². The van der Waals surface area contributed by atoms with Gasteiger partial charge in [-0.05, 0) is 37.2 Å². The number of aromatic nitrogens is 1. The van der Waals surface area contributed by atoms with E-state index in [9.17, 15) is 14.4 Å². The Bertz CT molecular complexity index is 602. The molecule has 1 aromatic heterocycles. The van der Waals surface area contributed by atoms with Gasteiger partial charge in [-0.3, -0.25) is 9.59 Å². The minimum Gasteiger partial charge on any atom is -0.480 e. The molecule has 1 unspecified atom stereocenters. The normalized spacial score (nSPS) is 15.8. The fourth-order valence-electron chi connectivity index (χ4n) is 2.32. The van der Waals surface area contributed by atoms with Crippen molar-refractivity contribution in [3.05, 3.63) is 33.7 Å². The van der Waals surface area contributed by atoms with E-state index in [2.05, 4.69) is 10.3 Å². The average Bonchev–Trinajstić information content (AvgIpc) is 3.17. The predicted molar refractivity (Wildman–Crippen MR) is 77.2 cm³/mol. The van der Waals surface area contributed by atoms with Crippen molar-refractivity contribution < 1.29 is 14.7 Å². The van der Waals surface area contributed by atoms with Gasteiger partial charge in [-0.2, -0.15) is 0 Å². The van der Waals surface area contributed by atoms with Gasteiger partial charge in [0.05, 0.1) is 0 Å². The SMILES string of the molecule is CC(C)Cc1cc(C(=O)NC(C(=O)O)C2CC2)cc(=O)[nH]1. The Balaban J connectivity index is 2.16. The number of rotatable bonds is 6. The van der Waals surface area contributed by atoms with Gasteiger partial charge in [0.15, 0.2) is 0 Å². The third kappa shape index (κ3) is 4.18.